The molecule has 3 aromatic heterocycles. The van der Waals surface area contributed by atoms with Gasteiger partial charge in [-0.25, -0.2) is 9.38 Å². The lowest BCUT2D eigenvalue weighted by atomic mass is 10.3. The van der Waals surface area contributed by atoms with Gasteiger partial charge in [0.05, 0.1) is 17.9 Å². The molecule has 124 valence electrons. The fourth-order valence-corrected chi connectivity index (χ4v) is 4.08. The molecular formula is C17H18N4O2S. The van der Waals surface area contributed by atoms with Crippen LogP contribution in [0.1, 0.15) is 58.1 Å². The van der Waals surface area contributed by atoms with Crippen LogP contribution in [-0.4, -0.2) is 24.9 Å². The van der Waals surface area contributed by atoms with Gasteiger partial charge in [0.25, 0.3) is 5.56 Å². The van der Waals surface area contributed by atoms with Crippen LogP contribution in [0.2, 0.25) is 0 Å². The summed E-state index contributed by atoms with van der Waals surface area (Å²) >= 11 is 1.37. The summed E-state index contributed by atoms with van der Waals surface area (Å²) in [6, 6.07) is 3.62. The highest BCUT2D eigenvalue weighted by Gasteiger charge is 2.26. The summed E-state index contributed by atoms with van der Waals surface area (Å²) in [6.45, 7) is 5.81. The Labute approximate surface area is 142 Å². The van der Waals surface area contributed by atoms with Crippen molar-refractivity contribution < 1.29 is 4.79 Å². The number of fused-ring (bicyclic) bond motifs is 1. The highest BCUT2D eigenvalue weighted by molar-refractivity contribution is 7.17. The molecule has 24 heavy (non-hydrogen) atoms. The molecule has 1 aliphatic carbocycles. The van der Waals surface area contributed by atoms with Crippen LogP contribution in [0.4, 0.5) is 0 Å². The molecular weight excluding hydrogens is 324 g/mol. The SMILES string of the molecule is CC(=O)c1c(C)sc2nc(Cn3nc(C4CC4)cc3C)cc(=O)n12. The van der Waals surface area contributed by atoms with Gasteiger partial charge in [-0.05, 0) is 32.8 Å². The van der Waals surface area contributed by atoms with Crippen LogP contribution in [0.3, 0.4) is 0 Å². The van der Waals surface area contributed by atoms with Crippen LogP contribution in [0.25, 0.3) is 4.96 Å². The normalized spacial score (nSPS) is 14.5. The fourth-order valence-electron chi connectivity index (χ4n) is 3.04. The number of aryl methyl sites for hydroxylation is 2. The van der Waals surface area contributed by atoms with E-state index in [4.69, 9.17) is 0 Å². The Bertz CT molecular complexity index is 1020. The quantitative estimate of drug-likeness (QED) is 0.684. The first-order chi connectivity index (χ1) is 11.4. The monoisotopic (exact) mass is 342 g/mol. The third kappa shape index (κ3) is 2.49. The molecule has 0 radical (unpaired) electrons. The van der Waals surface area contributed by atoms with E-state index in [0.717, 1.165) is 16.3 Å². The van der Waals surface area contributed by atoms with Gasteiger partial charge in [-0.15, -0.1) is 11.3 Å². The van der Waals surface area contributed by atoms with Crippen LogP contribution < -0.4 is 5.56 Å². The van der Waals surface area contributed by atoms with Gasteiger partial charge in [-0.2, -0.15) is 5.10 Å². The molecule has 0 aliphatic heterocycles. The topological polar surface area (TPSA) is 69.3 Å². The first-order valence-corrected chi connectivity index (χ1v) is 8.83. The molecule has 0 saturated heterocycles. The van der Waals surface area contributed by atoms with Crippen molar-refractivity contribution in [3.63, 3.8) is 0 Å². The maximum atomic E-state index is 12.5. The van der Waals surface area contributed by atoms with E-state index in [0.29, 0.717) is 28.8 Å². The van der Waals surface area contributed by atoms with E-state index in [1.807, 2.05) is 18.5 Å². The minimum absolute atomic E-state index is 0.118. The lowest BCUT2D eigenvalue weighted by molar-refractivity contribution is 0.101. The second kappa shape index (κ2) is 5.37. The number of aromatic nitrogens is 4. The average molecular weight is 342 g/mol. The fraction of sp³-hybridized carbons (Fsp3) is 0.412. The molecule has 3 heterocycles. The van der Waals surface area contributed by atoms with Crippen molar-refractivity contribution in [1.29, 1.82) is 0 Å². The summed E-state index contributed by atoms with van der Waals surface area (Å²) < 4.78 is 3.32. The van der Waals surface area contributed by atoms with Gasteiger partial charge in [0, 0.05) is 29.5 Å². The Morgan fingerprint density at radius 3 is 2.75 bits per heavy atom. The zero-order valence-corrected chi connectivity index (χ0v) is 14.7. The van der Waals surface area contributed by atoms with Gasteiger partial charge >= 0.3 is 0 Å². The number of rotatable bonds is 4. The predicted octanol–water partition coefficient (Wildman–Crippen LogP) is 2.70. The second-order valence-electron chi connectivity index (χ2n) is 6.41. The Morgan fingerprint density at radius 2 is 2.08 bits per heavy atom. The molecule has 0 aromatic carbocycles. The number of carbonyl (C=O) groups is 1. The van der Waals surface area contributed by atoms with Crippen molar-refractivity contribution in [3.8, 4) is 0 Å². The molecule has 0 amide bonds. The Morgan fingerprint density at radius 1 is 1.33 bits per heavy atom. The van der Waals surface area contributed by atoms with Gasteiger partial charge < -0.3 is 0 Å². The highest BCUT2D eigenvalue weighted by Crippen LogP contribution is 2.39. The number of thiazole rings is 1. The van der Waals surface area contributed by atoms with Crippen LogP contribution in [0.15, 0.2) is 16.9 Å². The number of carbonyl (C=O) groups excluding carboxylic acids is 1. The molecule has 1 fully saturated rings. The van der Waals surface area contributed by atoms with Gasteiger partial charge in [-0.3, -0.25) is 14.3 Å². The summed E-state index contributed by atoms with van der Waals surface area (Å²) in [6.07, 6.45) is 2.43. The molecule has 1 saturated carbocycles. The first kappa shape index (κ1) is 15.3. The van der Waals surface area contributed by atoms with Gasteiger partial charge in [0.15, 0.2) is 10.7 Å². The Hall–Kier alpha value is -2.28. The van der Waals surface area contributed by atoms with Crippen molar-refractivity contribution in [2.75, 3.05) is 0 Å². The zero-order valence-electron chi connectivity index (χ0n) is 13.9. The molecule has 0 N–H and O–H groups in total. The molecule has 1 aliphatic rings. The van der Waals surface area contributed by atoms with Gasteiger partial charge in [0.2, 0.25) is 0 Å². The van der Waals surface area contributed by atoms with Crippen LogP contribution in [-0.2, 0) is 6.54 Å². The maximum Gasteiger partial charge on any atom is 0.259 e. The smallest absolute Gasteiger partial charge is 0.259 e. The van der Waals surface area contributed by atoms with Crippen molar-refractivity contribution in [1.82, 2.24) is 19.2 Å². The van der Waals surface area contributed by atoms with Crippen LogP contribution >= 0.6 is 11.3 Å². The number of Topliss-reactive ketones (excluding diaryl/α,β-unsaturated/α-hetero) is 1. The Kier molecular flexibility index (Phi) is 3.42. The molecule has 7 heteroatoms. The van der Waals surface area contributed by atoms with E-state index in [-0.39, 0.29) is 11.3 Å². The molecule has 4 rings (SSSR count). The van der Waals surface area contributed by atoms with Crippen molar-refractivity contribution in [2.45, 2.75) is 46.1 Å². The molecule has 0 bridgehead atoms. The summed E-state index contributed by atoms with van der Waals surface area (Å²) in [5.41, 5.74) is 3.11. The largest absolute Gasteiger partial charge is 0.293 e. The molecule has 0 unspecified atom stereocenters. The van der Waals surface area contributed by atoms with Crippen LogP contribution in [0, 0.1) is 13.8 Å². The number of nitrogens with zero attached hydrogens (tertiary/aromatic N) is 4. The van der Waals surface area contributed by atoms with E-state index in [1.165, 1.54) is 41.6 Å². The molecule has 3 aromatic rings. The molecule has 0 spiro atoms. The van der Waals surface area contributed by atoms with Crippen molar-refractivity contribution in [2.24, 2.45) is 0 Å². The third-order valence-corrected chi connectivity index (χ3v) is 5.34. The summed E-state index contributed by atoms with van der Waals surface area (Å²) in [5, 5.41) is 4.64. The number of hydrogen-bond acceptors (Lipinski definition) is 5. The minimum Gasteiger partial charge on any atom is -0.293 e. The van der Waals surface area contributed by atoms with E-state index >= 15 is 0 Å². The standard InChI is InChI=1S/C17H18N4O2S/c1-9-6-14(12-4-5-12)19-20(9)8-13-7-15(23)21-16(10(2)22)11(3)24-17(21)18-13/h6-7,12H,4-5,8H2,1-3H3. The van der Waals surface area contributed by atoms with E-state index < -0.39 is 0 Å². The van der Waals surface area contributed by atoms with E-state index in [2.05, 4.69) is 16.1 Å². The first-order valence-electron chi connectivity index (χ1n) is 8.01. The zero-order chi connectivity index (χ0) is 17.0. The van der Waals surface area contributed by atoms with Crippen molar-refractivity contribution in [3.05, 3.63) is 50.1 Å². The maximum absolute atomic E-state index is 12.5. The lowest BCUT2D eigenvalue weighted by Gasteiger charge is -2.05. The lowest BCUT2D eigenvalue weighted by Crippen LogP contribution is -2.19. The van der Waals surface area contributed by atoms with Crippen molar-refractivity contribution >= 4 is 22.1 Å². The van der Waals surface area contributed by atoms with E-state index in [1.54, 1.807) is 0 Å². The minimum atomic E-state index is -0.211. The molecule has 0 atom stereocenters. The molecule has 6 nitrogen and oxygen atoms in total. The number of ketones is 1. The van der Waals surface area contributed by atoms with E-state index in [9.17, 15) is 9.59 Å². The van der Waals surface area contributed by atoms with Gasteiger partial charge in [-0.1, -0.05) is 0 Å². The summed E-state index contributed by atoms with van der Waals surface area (Å²) in [4.78, 5) is 30.2. The second-order valence-corrected chi connectivity index (χ2v) is 7.59. The van der Waals surface area contributed by atoms with Gasteiger partial charge in [0.1, 0.15) is 5.69 Å². The Balaban J connectivity index is 1.75. The predicted molar refractivity (Wildman–Crippen MR) is 92.1 cm³/mol. The third-order valence-electron chi connectivity index (χ3n) is 4.38. The summed E-state index contributed by atoms with van der Waals surface area (Å²) in [7, 11) is 0. The summed E-state index contributed by atoms with van der Waals surface area (Å²) in [5.74, 6) is 0.483. The highest BCUT2D eigenvalue weighted by atomic mass is 32.1. The van der Waals surface area contributed by atoms with Crippen LogP contribution in [0.5, 0.6) is 0 Å². The average Bonchev–Trinajstić information content (AvgIpc) is 3.20. The number of hydrogen-bond donors (Lipinski definition) is 0.